The van der Waals surface area contributed by atoms with Gasteiger partial charge >= 0.3 is 0 Å². The minimum atomic E-state index is 0.664. The van der Waals surface area contributed by atoms with Crippen LogP contribution >= 0.6 is 0 Å². The van der Waals surface area contributed by atoms with Crippen molar-refractivity contribution in [3.8, 4) is 0 Å². The summed E-state index contributed by atoms with van der Waals surface area (Å²) in [7, 11) is 3.74. The fraction of sp³-hybridized carbons (Fsp3) is 0.667. The van der Waals surface area contributed by atoms with E-state index >= 15 is 0 Å². The zero-order chi connectivity index (χ0) is 13.7. The molecule has 0 amide bonds. The Morgan fingerprint density at radius 2 is 2.21 bits per heavy atom. The van der Waals surface area contributed by atoms with Gasteiger partial charge in [-0.05, 0) is 44.0 Å². The number of nitrogens with one attached hydrogen (secondary N) is 1. The van der Waals surface area contributed by atoms with Crippen molar-refractivity contribution >= 4 is 5.82 Å². The first kappa shape index (κ1) is 14.3. The summed E-state index contributed by atoms with van der Waals surface area (Å²) in [5.41, 5.74) is 2.48. The predicted octanol–water partition coefficient (Wildman–Crippen LogP) is 1.98. The molecule has 0 saturated heterocycles. The van der Waals surface area contributed by atoms with E-state index in [4.69, 9.17) is 9.72 Å². The molecule has 1 aromatic heterocycles. The number of aromatic nitrogens is 1. The second-order valence-corrected chi connectivity index (χ2v) is 5.13. The molecule has 1 aliphatic carbocycles. The summed E-state index contributed by atoms with van der Waals surface area (Å²) >= 11 is 0. The van der Waals surface area contributed by atoms with Gasteiger partial charge in [0.25, 0.3) is 0 Å². The molecule has 1 saturated carbocycles. The topological polar surface area (TPSA) is 37.4 Å². The molecule has 106 valence electrons. The number of anilines is 1. The van der Waals surface area contributed by atoms with Crippen molar-refractivity contribution in [1.82, 2.24) is 10.3 Å². The Morgan fingerprint density at radius 3 is 2.79 bits per heavy atom. The van der Waals surface area contributed by atoms with Gasteiger partial charge < -0.3 is 15.0 Å². The van der Waals surface area contributed by atoms with Crippen molar-refractivity contribution in [3.63, 3.8) is 0 Å². The molecule has 1 fully saturated rings. The third kappa shape index (κ3) is 3.91. The average molecular weight is 263 g/mol. The molecule has 0 aromatic carbocycles. The van der Waals surface area contributed by atoms with Gasteiger partial charge in [-0.25, -0.2) is 4.98 Å². The summed E-state index contributed by atoms with van der Waals surface area (Å²) in [5, 5.41) is 3.22. The summed E-state index contributed by atoms with van der Waals surface area (Å²) < 4.78 is 5.22. The van der Waals surface area contributed by atoms with Crippen molar-refractivity contribution in [2.75, 3.05) is 32.2 Å². The van der Waals surface area contributed by atoms with Crippen LogP contribution in [-0.2, 0) is 17.7 Å². The third-order valence-electron chi connectivity index (χ3n) is 3.49. The molecule has 0 bridgehead atoms. The van der Waals surface area contributed by atoms with E-state index in [-0.39, 0.29) is 0 Å². The molecule has 4 nitrogen and oxygen atoms in total. The Hall–Kier alpha value is -1.13. The smallest absolute Gasteiger partial charge is 0.129 e. The lowest BCUT2D eigenvalue weighted by molar-refractivity contribution is 0.204. The minimum absolute atomic E-state index is 0.664. The second-order valence-electron chi connectivity index (χ2n) is 5.13. The van der Waals surface area contributed by atoms with Crippen LogP contribution in [0.25, 0.3) is 0 Å². The van der Waals surface area contributed by atoms with Gasteiger partial charge in [-0.3, -0.25) is 0 Å². The predicted molar refractivity (Wildman–Crippen MR) is 78.6 cm³/mol. The van der Waals surface area contributed by atoms with Crippen LogP contribution in [0.5, 0.6) is 0 Å². The number of rotatable bonds is 8. The minimum Gasteiger partial charge on any atom is -0.383 e. The Balaban J connectivity index is 2.21. The summed E-state index contributed by atoms with van der Waals surface area (Å²) in [4.78, 5) is 7.20. The lowest BCUT2D eigenvalue weighted by atomic mass is 10.2. The Bertz CT molecular complexity index is 404. The zero-order valence-corrected chi connectivity index (χ0v) is 12.3. The van der Waals surface area contributed by atoms with E-state index in [9.17, 15) is 0 Å². The van der Waals surface area contributed by atoms with Crippen LogP contribution in [0.3, 0.4) is 0 Å². The normalized spacial score (nSPS) is 14.7. The van der Waals surface area contributed by atoms with Gasteiger partial charge in [-0.1, -0.05) is 6.92 Å². The Labute approximate surface area is 116 Å². The quantitative estimate of drug-likeness (QED) is 0.778. The average Bonchev–Trinajstić information content (AvgIpc) is 3.24. The van der Waals surface area contributed by atoms with Gasteiger partial charge in [0.2, 0.25) is 0 Å². The van der Waals surface area contributed by atoms with Crippen molar-refractivity contribution in [2.24, 2.45) is 0 Å². The zero-order valence-electron chi connectivity index (χ0n) is 12.3. The number of aryl methyl sites for hydroxylation is 1. The molecule has 2 rings (SSSR count). The van der Waals surface area contributed by atoms with Gasteiger partial charge in [-0.15, -0.1) is 0 Å². The Kier molecular flexibility index (Phi) is 5.16. The molecule has 1 aliphatic rings. The maximum Gasteiger partial charge on any atom is 0.129 e. The van der Waals surface area contributed by atoms with Crippen molar-refractivity contribution in [2.45, 2.75) is 38.8 Å². The van der Waals surface area contributed by atoms with E-state index < -0.39 is 0 Å². The van der Waals surface area contributed by atoms with Gasteiger partial charge in [-0.2, -0.15) is 0 Å². The molecule has 19 heavy (non-hydrogen) atoms. The molecule has 0 spiro atoms. The van der Waals surface area contributed by atoms with Crippen LogP contribution in [0.1, 0.15) is 31.0 Å². The number of hydrogen-bond acceptors (Lipinski definition) is 4. The fourth-order valence-corrected chi connectivity index (χ4v) is 2.33. The highest BCUT2D eigenvalue weighted by atomic mass is 16.5. The monoisotopic (exact) mass is 263 g/mol. The van der Waals surface area contributed by atoms with Crippen LogP contribution in [0, 0.1) is 0 Å². The van der Waals surface area contributed by atoms with Crippen molar-refractivity contribution < 1.29 is 4.74 Å². The first-order chi connectivity index (χ1) is 9.28. The van der Waals surface area contributed by atoms with Crippen molar-refractivity contribution in [3.05, 3.63) is 23.4 Å². The van der Waals surface area contributed by atoms with E-state index in [1.54, 1.807) is 7.11 Å². The maximum atomic E-state index is 5.22. The van der Waals surface area contributed by atoms with Crippen LogP contribution < -0.4 is 10.2 Å². The van der Waals surface area contributed by atoms with Gasteiger partial charge in [0.05, 0.1) is 6.61 Å². The molecule has 0 radical (unpaired) electrons. The molecule has 1 N–H and O–H groups in total. The molecule has 0 aliphatic heterocycles. The first-order valence-electron chi connectivity index (χ1n) is 7.18. The highest BCUT2D eigenvalue weighted by molar-refractivity contribution is 5.45. The number of pyridine rings is 1. The van der Waals surface area contributed by atoms with Gasteiger partial charge in [0, 0.05) is 31.9 Å². The lowest BCUT2D eigenvalue weighted by Gasteiger charge is -2.24. The van der Waals surface area contributed by atoms with Gasteiger partial charge in [0.1, 0.15) is 5.82 Å². The molecule has 4 heteroatoms. The van der Waals surface area contributed by atoms with E-state index in [0.717, 1.165) is 31.9 Å². The SMILES string of the molecule is CCc1cc(CNC)cc(N(CCOC)C2CC2)n1. The first-order valence-corrected chi connectivity index (χ1v) is 7.18. The van der Waals surface area contributed by atoms with Crippen LogP contribution in [0.2, 0.25) is 0 Å². The fourth-order valence-electron chi connectivity index (χ4n) is 2.33. The summed E-state index contributed by atoms with van der Waals surface area (Å²) in [6.45, 7) is 4.74. The summed E-state index contributed by atoms with van der Waals surface area (Å²) in [5.74, 6) is 1.11. The molecule has 1 aromatic rings. The second kappa shape index (κ2) is 6.87. The van der Waals surface area contributed by atoms with Crippen LogP contribution in [-0.4, -0.2) is 38.3 Å². The molecule has 0 atom stereocenters. The third-order valence-corrected chi connectivity index (χ3v) is 3.49. The van der Waals surface area contributed by atoms with Crippen LogP contribution in [0.15, 0.2) is 12.1 Å². The molecule has 1 heterocycles. The Morgan fingerprint density at radius 1 is 1.42 bits per heavy atom. The van der Waals surface area contributed by atoms with Crippen molar-refractivity contribution in [1.29, 1.82) is 0 Å². The highest BCUT2D eigenvalue weighted by Gasteiger charge is 2.30. The number of hydrogen-bond donors (Lipinski definition) is 1. The maximum absolute atomic E-state index is 5.22. The van der Waals surface area contributed by atoms with E-state index in [0.29, 0.717) is 6.04 Å². The van der Waals surface area contributed by atoms with E-state index in [1.807, 2.05) is 7.05 Å². The van der Waals surface area contributed by atoms with E-state index in [1.165, 1.54) is 24.1 Å². The molecule has 0 unspecified atom stereocenters. The van der Waals surface area contributed by atoms with Gasteiger partial charge in [0.15, 0.2) is 0 Å². The number of nitrogens with zero attached hydrogens (tertiary/aromatic N) is 2. The molecular weight excluding hydrogens is 238 g/mol. The largest absolute Gasteiger partial charge is 0.383 e. The van der Waals surface area contributed by atoms with E-state index in [2.05, 4.69) is 29.3 Å². The summed E-state index contributed by atoms with van der Waals surface area (Å²) in [6.07, 6.45) is 3.54. The number of methoxy groups -OCH3 is 1. The molecular formula is C15H25N3O. The summed E-state index contributed by atoms with van der Waals surface area (Å²) in [6, 6.07) is 5.07. The van der Waals surface area contributed by atoms with Crippen LogP contribution in [0.4, 0.5) is 5.82 Å². The number of ether oxygens (including phenoxy) is 1. The standard InChI is InChI=1S/C15H25N3O/c1-4-13-9-12(11-16-2)10-15(17-13)18(7-8-19-3)14-5-6-14/h9-10,14,16H,4-8,11H2,1-3H3. The highest BCUT2D eigenvalue weighted by Crippen LogP contribution is 2.31. The lowest BCUT2D eigenvalue weighted by Crippen LogP contribution is -2.30.